The first kappa shape index (κ1) is 7.88. The molecule has 3 heteroatoms. The van der Waals surface area contributed by atoms with Crippen molar-refractivity contribution >= 4 is 0 Å². The van der Waals surface area contributed by atoms with Crippen LogP contribution in [0, 0.1) is 6.61 Å². The monoisotopic (exact) mass is 119 g/mol. The fourth-order valence-corrected chi connectivity index (χ4v) is 0.234. The van der Waals surface area contributed by atoms with Gasteiger partial charge in [-0.1, -0.05) is 0 Å². The van der Waals surface area contributed by atoms with Crippen LogP contribution in [0.15, 0.2) is 0 Å². The summed E-state index contributed by atoms with van der Waals surface area (Å²) in [5.41, 5.74) is 0. The van der Waals surface area contributed by atoms with E-state index in [2.05, 4.69) is 4.74 Å². The molecule has 0 bridgehead atoms. The predicted molar refractivity (Wildman–Crippen MR) is 28.9 cm³/mol. The van der Waals surface area contributed by atoms with Crippen molar-refractivity contribution in [3.05, 3.63) is 6.61 Å². The van der Waals surface area contributed by atoms with Crippen LogP contribution in [0.25, 0.3) is 0 Å². The van der Waals surface area contributed by atoms with Gasteiger partial charge in [0.2, 0.25) is 0 Å². The van der Waals surface area contributed by atoms with Crippen LogP contribution in [0.5, 0.6) is 0 Å². The topological polar surface area (TPSA) is 27.7 Å². The molecule has 0 fully saturated rings. The van der Waals surface area contributed by atoms with Gasteiger partial charge in [0.1, 0.15) is 13.6 Å². The van der Waals surface area contributed by atoms with Gasteiger partial charge in [-0.3, -0.25) is 0 Å². The lowest BCUT2D eigenvalue weighted by Gasteiger charge is -1.99. The maximum Gasteiger partial charge on any atom is 0.150 e. The molecule has 0 aliphatic rings. The lowest BCUT2D eigenvalue weighted by atomic mass is 10.9. The molecule has 0 aliphatic carbocycles. The van der Waals surface area contributed by atoms with E-state index in [-0.39, 0.29) is 13.6 Å². The molecule has 0 aromatic heterocycles. The van der Waals surface area contributed by atoms with E-state index >= 15 is 0 Å². The number of ether oxygens (including phenoxy) is 3. The quantitative estimate of drug-likeness (QED) is 0.395. The summed E-state index contributed by atoms with van der Waals surface area (Å²) in [7, 11) is 1.57. The third-order valence-electron chi connectivity index (χ3n) is 0.519. The average molecular weight is 119 g/mol. The lowest BCUT2D eigenvalue weighted by Crippen LogP contribution is -1.99. The van der Waals surface area contributed by atoms with Crippen molar-refractivity contribution in [3.63, 3.8) is 0 Å². The third kappa shape index (κ3) is 5.88. The Labute approximate surface area is 49.5 Å². The summed E-state index contributed by atoms with van der Waals surface area (Å²) in [4.78, 5) is 0. The number of methoxy groups -OCH3 is 1. The molecule has 49 valence electrons. The van der Waals surface area contributed by atoms with Gasteiger partial charge in [-0.15, -0.1) is 0 Å². The molecule has 0 amide bonds. The highest BCUT2D eigenvalue weighted by molar-refractivity contribution is 4.26. The van der Waals surface area contributed by atoms with Crippen LogP contribution in [0.2, 0.25) is 0 Å². The van der Waals surface area contributed by atoms with Crippen molar-refractivity contribution in [2.45, 2.75) is 6.92 Å². The van der Waals surface area contributed by atoms with Crippen LogP contribution in [-0.4, -0.2) is 20.7 Å². The van der Waals surface area contributed by atoms with E-state index in [1.165, 1.54) is 0 Å². The van der Waals surface area contributed by atoms with Crippen molar-refractivity contribution in [1.29, 1.82) is 0 Å². The second-order valence-corrected chi connectivity index (χ2v) is 1.13. The first-order chi connectivity index (χ1) is 3.91. The molecule has 3 nitrogen and oxygen atoms in total. The maximum absolute atomic E-state index is 4.75. The van der Waals surface area contributed by atoms with Crippen LogP contribution in [0.4, 0.5) is 0 Å². The Hall–Kier alpha value is -0.120. The maximum atomic E-state index is 4.75. The molecule has 0 N–H and O–H groups in total. The minimum atomic E-state index is 0.268. The lowest BCUT2D eigenvalue weighted by molar-refractivity contribution is -0.105. The molecule has 0 atom stereocenters. The van der Waals surface area contributed by atoms with Crippen molar-refractivity contribution in [2.24, 2.45) is 0 Å². The van der Waals surface area contributed by atoms with Crippen LogP contribution < -0.4 is 0 Å². The SMILES string of the molecule is C[CH]OCOCOC. The fraction of sp³-hybridized carbons (Fsp3) is 0.800. The Morgan fingerprint density at radius 1 is 1.38 bits per heavy atom. The van der Waals surface area contributed by atoms with E-state index in [0.717, 1.165) is 0 Å². The van der Waals surface area contributed by atoms with Gasteiger partial charge < -0.3 is 14.2 Å². The van der Waals surface area contributed by atoms with Gasteiger partial charge in [-0.25, -0.2) is 0 Å². The standard InChI is InChI=1S/C5H11O3/c1-3-7-5-8-4-6-2/h3H,4-5H2,1-2H3. The average Bonchev–Trinajstić information content (AvgIpc) is 1.81. The molecule has 0 rings (SSSR count). The van der Waals surface area contributed by atoms with Gasteiger partial charge in [0.05, 0.1) is 6.61 Å². The summed E-state index contributed by atoms with van der Waals surface area (Å²) in [5, 5.41) is 0. The first-order valence-electron chi connectivity index (χ1n) is 2.38. The number of hydrogen-bond donors (Lipinski definition) is 0. The summed E-state index contributed by atoms with van der Waals surface area (Å²) < 4.78 is 14.0. The molecule has 0 saturated heterocycles. The number of hydrogen-bond acceptors (Lipinski definition) is 3. The second-order valence-electron chi connectivity index (χ2n) is 1.13. The molecule has 0 aliphatic heterocycles. The largest absolute Gasteiger partial charge is 0.359 e. The van der Waals surface area contributed by atoms with E-state index in [0.29, 0.717) is 0 Å². The van der Waals surface area contributed by atoms with Gasteiger partial charge in [-0.2, -0.15) is 0 Å². The molecule has 0 unspecified atom stereocenters. The Morgan fingerprint density at radius 3 is 2.62 bits per heavy atom. The molecule has 1 radical (unpaired) electrons. The highest BCUT2D eigenvalue weighted by atomic mass is 16.7. The summed E-state index contributed by atoms with van der Waals surface area (Å²) in [5.74, 6) is 0. The van der Waals surface area contributed by atoms with Crippen molar-refractivity contribution in [1.82, 2.24) is 0 Å². The molecule has 0 heterocycles. The van der Waals surface area contributed by atoms with Gasteiger partial charge in [-0.05, 0) is 6.92 Å². The fourth-order valence-electron chi connectivity index (χ4n) is 0.234. The zero-order chi connectivity index (χ0) is 6.24. The minimum Gasteiger partial charge on any atom is -0.359 e. The van der Waals surface area contributed by atoms with Crippen LogP contribution in [-0.2, 0) is 14.2 Å². The highest BCUT2D eigenvalue weighted by Crippen LogP contribution is 1.79. The van der Waals surface area contributed by atoms with Crippen molar-refractivity contribution < 1.29 is 14.2 Å². The highest BCUT2D eigenvalue weighted by Gasteiger charge is 1.80. The van der Waals surface area contributed by atoms with E-state index in [9.17, 15) is 0 Å². The predicted octanol–water partition coefficient (Wildman–Crippen LogP) is 0.763. The van der Waals surface area contributed by atoms with Crippen molar-refractivity contribution in [3.8, 4) is 0 Å². The summed E-state index contributed by atoms with van der Waals surface area (Å²) >= 11 is 0. The van der Waals surface area contributed by atoms with E-state index in [4.69, 9.17) is 9.47 Å². The second kappa shape index (κ2) is 6.88. The third-order valence-corrected chi connectivity index (χ3v) is 0.519. The molecular formula is C5H11O3. The molecular weight excluding hydrogens is 108 g/mol. The first-order valence-corrected chi connectivity index (χ1v) is 2.38. The van der Waals surface area contributed by atoms with Gasteiger partial charge in [0, 0.05) is 7.11 Å². The number of rotatable bonds is 5. The Kier molecular flexibility index (Phi) is 6.78. The summed E-state index contributed by atoms with van der Waals surface area (Å²) in [6.45, 7) is 3.91. The molecule has 0 saturated carbocycles. The van der Waals surface area contributed by atoms with Crippen LogP contribution in [0.1, 0.15) is 6.92 Å². The van der Waals surface area contributed by atoms with Gasteiger partial charge >= 0.3 is 0 Å². The van der Waals surface area contributed by atoms with Gasteiger partial charge in [0.15, 0.2) is 0 Å². The Balaban J connectivity index is 2.53. The molecule has 0 aromatic rings. The van der Waals surface area contributed by atoms with E-state index < -0.39 is 0 Å². The zero-order valence-electron chi connectivity index (χ0n) is 5.22. The van der Waals surface area contributed by atoms with E-state index in [1.54, 1.807) is 20.6 Å². The molecule has 0 aromatic carbocycles. The smallest absolute Gasteiger partial charge is 0.150 e. The minimum absolute atomic E-state index is 0.268. The Morgan fingerprint density at radius 2 is 2.12 bits per heavy atom. The molecule has 8 heavy (non-hydrogen) atoms. The van der Waals surface area contributed by atoms with Crippen LogP contribution >= 0.6 is 0 Å². The van der Waals surface area contributed by atoms with Crippen molar-refractivity contribution in [2.75, 3.05) is 20.7 Å². The Bertz CT molecular complexity index is 32.7. The van der Waals surface area contributed by atoms with Crippen LogP contribution in [0.3, 0.4) is 0 Å². The summed E-state index contributed by atoms with van der Waals surface area (Å²) in [6, 6.07) is 0. The van der Waals surface area contributed by atoms with E-state index in [1.807, 2.05) is 0 Å². The molecule has 0 spiro atoms. The van der Waals surface area contributed by atoms with Gasteiger partial charge in [0.25, 0.3) is 0 Å². The normalized spacial score (nSPS) is 9.75. The zero-order valence-corrected chi connectivity index (χ0v) is 5.22. The summed E-state index contributed by atoms with van der Waals surface area (Å²) in [6.07, 6.45) is 0.